The van der Waals surface area contributed by atoms with Gasteiger partial charge in [0.1, 0.15) is 11.9 Å². The molecule has 0 aliphatic rings. The summed E-state index contributed by atoms with van der Waals surface area (Å²) in [6, 6.07) is 11.9. The van der Waals surface area contributed by atoms with E-state index in [1.807, 2.05) is 31.4 Å². The van der Waals surface area contributed by atoms with Gasteiger partial charge < -0.3 is 10.6 Å². The highest BCUT2D eigenvalue weighted by Gasteiger charge is 2.22. The number of halogens is 1. The van der Waals surface area contributed by atoms with Gasteiger partial charge in [0.25, 0.3) is 5.91 Å². The van der Waals surface area contributed by atoms with E-state index in [0.29, 0.717) is 22.3 Å². The van der Waals surface area contributed by atoms with E-state index in [-0.39, 0.29) is 11.8 Å². The van der Waals surface area contributed by atoms with Gasteiger partial charge >= 0.3 is 0 Å². The number of carbonyl (C=O) groups excluding carboxylic acids is 2. The lowest BCUT2D eigenvalue weighted by Crippen LogP contribution is -2.44. The summed E-state index contributed by atoms with van der Waals surface area (Å²) in [5, 5.41) is 5.60. The fraction of sp³-hybridized carbons (Fsp3) is 0.278. The van der Waals surface area contributed by atoms with Crippen LogP contribution in [0.3, 0.4) is 0 Å². The normalized spacial score (nSPS) is 11.6. The van der Waals surface area contributed by atoms with Crippen LogP contribution in [0.1, 0.15) is 22.5 Å². The lowest BCUT2D eigenvalue weighted by Gasteiger charge is -2.18. The van der Waals surface area contributed by atoms with Crippen molar-refractivity contribution in [2.45, 2.75) is 19.4 Å². The number of benzene rings is 1. The number of nitrogens with one attached hydrogen (secondary N) is 2. The highest BCUT2D eigenvalue weighted by molar-refractivity contribution is 9.10. The van der Waals surface area contributed by atoms with Gasteiger partial charge in [-0.3, -0.25) is 9.59 Å². The van der Waals surface area contributed by atoms with E-state index in [2.05, 4.69) is 31.5 Å². The molecule has 0 aliphatic carbocycles. The van der Waals surface area contributed by atoms with Crippen molar-refractivity contribution in [1.82, 2.24) is 10.3 Å². The van der Waals surface area contributed by atoms with Crippen LogP contribution in [-0.2, 0) is 4.79 Å². The molecule has 2 rings (SSSR count). The summed E-state index contributed by atoms with van der Waals surface area (Å²) < 4.78 is 0.692. The average Bonchev–Trinajstić information content (AvgIpc) is 2.58. The van der Waals surface area contributed by atoms with Crippen molar-refractivity contribution in [2.75, 3.05) is 17.3 Å². The minimum atomic E-state index is -0.630. The number of carbonyl (C=O) groups is 2. The molecule has 2 aromatic rings. The van der Waals surface area contributed by atoms with Gasteiger partial charge in [-0.2, -0.15) is 11.8 Å². The molecule has 0 spiro atoms. The van der Waals surface area contributed by atoms with Crippen molar-refractivity contribution < 1.29 is 9.59 Å². The van der Waals surface area contributed by atoms with Gasteiger partial charge in [-0.25, -0.2) is 4.98 Å². The molecule has 1 aromatic carbocycles. The van der Waals surface area contributed by atoms with Gasteiger partial charge in [-0.05, 0) is 65.5 Å². The first-order chi connectivity index (χ1) is 12.0. The lowest BCUT2D eigenvalue weighted by atomic mass is 10.1. The Labute approximate surface area is 160 Å². The zero-order chi connectivity index (χ0) is 18.2. The van der Waals surface area contributed by atoms with Crippen molar-refractivity contribution in [3.05, 3.63) is 58.2 Å². The second kappa shape index (κ2) is 9.58. The van der Waals surface area contributed by atoms with Crippen LogP contribution in [0.5, 0.6) is 0 Å². The smallest absolute Gasteiger partial charge is 0.253 e. The molecule has 0 bridgehead atoms. The Hall–Kier alpha value is -1.86. The molecule has 25 heavy (non-hydrogen) atoms. The number of amides is 2. The maximum atomic E-state index is 12.6. The molecule has 1 aromatic heterocycles. The SMILES string of the molecule is CSCCC(NC(=O)c1ccccc1Br)C(=O)Nc1cccc(C)n1. The number of aryl methyl sites for hydroxylation is 1. The van der Waals surface area contributed by atoms with Crippen molar-refractivity contribution >= 4 is 45.3 Å². The van der Waals surface area contributed by atoms with Crippen LogP contribution in [-0.4, -0.2) is 34.8 Å². The number of aromatic nitrogens is 1. The monoisotopic (exact) mass is 421 g/mol. The number of anilines is 1. The molecule has 1 unspecified atom stereocenters. The zero-order valence-corrected chi connectivity index (χ0v) is 16.5. The predicted molar refractivity (Wildman–Crippen MR) is 106 cm³/mol. The summed E-state index contributed by atoms with van der Waals surface area (Å²) in [6.45, 7) is 1.86. The summed E-state index contributed by atoms with van der Waals surface area (Å²) in [5.74, 6) is 0.683. The Balaban J connectivity index is 2.10. The Morgan fingerprint density at radius 2 is 1.96 bits per heavy atom. The second-order valence-corrected chi connectivity index (χ2v) is 7.28. The summed E-state index contributed by atoms with van der Waals surface area (Å²) in [7, 11) is 0. The Kier molecular flexibility index (Phi) is 7.46. The third kappa shape index (κ3) is 5.86. The molecule has 1 atom stereocenters. The van der Waals surface area contributed by atoms with Crippen LogP contribution in [0.15, 0.2) is 46.9 Å². The predicted octanol–water partition coefficient (Wildman–Crippen LogP) is 3.64. The molecular weight excluding hydrogens is 402 g/mol. The maximum absolute atomic E-state index is 12.6. The van der Waals surface area contributed by atoms with Crippen LogP contribution in [0.4, 0.5) is 5.82 Å². The van der Waals surface area contributed by atoms with Crippen molar-refractivity contribution in [1.29, 1.82) is 0 Å². The minimum Gasteiger partial charge on any atom is -0.340 e. The van der Waals surface area contributed by atoms with E-state index >= 15 is 0 Å². The second-order valence-electron chi connectivity index (χ2n) is 5.44. The fourth-order valence-electron chi connectivity index (χ4n) is 2.21. The van der Waals surface area contributed by atoms with Gasteiger partial charge in [0, 0.05) is 10.2 Å². The molecule has 1 heterocycles. The molecular formula is C18H20BrN3O2S. The van der Waals surface area contributed by atoms with E-state index in [1.165, 1.54) is 0 Å². The third-order valence-corrected chi connectivity index (χ3v) is 4.83. The number of pyridine rings is 1. The summed E-state index contributed by atoms with van der Waals surface area (Å²) >= 11 is 4.99. The highest BCUT2D eigenvalue weighted by atomic mass is 79.9. The van der Waals surface area contributed by atoms with E-state index < -0.39 is 6.04 Å². The molecule has 2 N–H and O–H groups in total. The van der Waals surface area contributed by atoms with Crippen molar-refractivity contribution in [2.24, 2.45) is 0 Å². The lowest BCUT2D eigenvalue weighted by molar-refractivity contribution is -0.118. The first-order valence-corrected chi connectivity index (χ1v) is 9.99. The van der Waals surface area contributed by atoms with Crippen LogP contribution in [0.2, 0.25) is 0 Å². The van der Waals surface area contributed by atoms with Gasteiger partial charge in [0.2, 0.25) is 5.91 Å². The van der Waals surface area contributed by atoms with Crippen molar-refractivity contribution in [3.63, 3.8) is 0 Å². The van der Waals surface area contributed by atoms with Crippen LogP contribution in [0, 0.1) is 6.92 Å². The summed E-state index contributed by atoms with van der Waals surface area (Å²) in [4.78, 5) is 29.4. The van der Waals surface area contributed by atoms with Crippen molar-refractivity contribution in [3.8, 4) is 0 Å². The Bertz CT molecular complexity index is 755. The number of rotatable bonds is 7. The highest BCUT2D eigenvalue weighted by Crippen LogP contribution is 2.16. The van der Waals surface area contributed by atoms with E-state index in [0.717, 1.165) is 11.4 Å². The van der Waals surface area contributed by atoms with E-state index in [9.17, 15) is 9.59 Å². The molecule has 0 saturated carbocycles. The standard InChI is InChI=1S/C18H20BrN3O2S/c1-12-6-5-9-16(20-12)22-18(24)15(10-11-25-2)21-17(23)13-7-3-4-8-14(13)19/h3-9,15H,10-11H2,1-2H3,(H,21,23)(H,20,22,24). The Morgan fingerprint density at radius 3 is 2.64 bits per heavy atom. The van der Waals surface area contributed by atoms with Crippen LogP contribution < -0.4 is 10.6 Å². The number of hydrogen-bond acceptors (Lipinski definition) is 4. The molecule has 0 aliphatic heterocycles. The quantitative estimate of drug-likeness (QED) is 0.715. The molecule has 0 saturated heterocycles. The number of thioether (sulfide) groups is 1. The molecule has 2 amide bonds. The van der Waals surface area contributed by atoms with Gasteiger partial charge in [-0.1, -0.05) is 18.2 Å². The molecule has 0 fully saturated rings. The summed E-state index contributed by atoms with van der Waals surface area (Å²) in [5.41, 5.74) is 1.31. The van der Waals surface area contributed by atoms with E-state index in [4.69, 9.17) is 0 Å². The van der Waals surface area contributed by atoms with Gasteiger partial charge in [0.05, 0.1) is 5.56 Å². The molecule has 0 radical (unpaired) electrons. The molecule has 132 valence electrons. The number of nitrogens with zero attached hydrogens (tertiary/aromatic N) is 1. The fourth-order valence-corrected chi connectivity index (χ4v) is 3.15. The average molecular weight is 422 g/mol. The topological polar surface area (TPSA) is 71.1 Å². The number of hydrogen-bond donors (Lipinski definition) is 2. The first kappa shape index (κ1) is 19.5. The third-order valence-electron chi connectivity index (χ3n) is 3.49. The first-order valence-electron chi connectivity index (χ1n) is 7.80. The Morgan fingerprint density at radius 1 is 1.20 bits per heavy atom. The molecule has 5 nitrogen and oxygen atoms in total. The van der Waals surface area contributed by atoms with Crippen LogP contribution >= 0.6 is 27.7 Å². The minimum absolute atomic E-state index is 0.271. The van der Waals surface area contributed by atoms with Crippen LogP contribution in [0.25, 0.3) is 0 Å². The zero-order valence-electron chi connectivity index (χ0n) is 14.1. The molecule has 7 heteroatoms. The maximum Gasteiger partial charge on any atom is 0.253 e. The summed E-state index contributed by atoms with van der Waals surface area (Å²) in [6.07, 6.45) is 2.50. The van der Waals surface area contributed by atoms with Gasteiger partial charge in [0.15, 0.2) is 0 Å². The largest absolute Gasteiger partial charge is 0.340 e. The van der Waals surface area contributed by atoms with Gasteiger partial charge in [-0.15, -0.1) is 0 Å². The van der Waals surface area contributed by atoms with E-state index in [1.54, 1.807) is 36.0 Å².